The lowest BCUT2D eigenvalue weighted by Crippen LogP contribution is -2.33. The maximum absolute atomic E-state index is 10.5. The van der Waals surface area contributed by atoms with E-state index in [0.717, 1.165) is 18.2 Å². The molecule has 1 aromatic heterocycles. The lowest BCUT2D eigenvalue weighted by atomic mass is 10.4. The number of hydrogen-bond acceptors (Lipinski definition) is 6. The van der Waals surface area contributed by atoms with Gasteiger partial charge in [-0.2, -0.15) is 0 Å². The summed E-state index contributed by atoms with van der Waals surface area (Å²) >= 11 is 1.37. The molecule has 16 heavy (non-hydrogen) atoms. The van der Waals surface area contributed by atoms with E-state index in [9.17, 15) is 4.79 Å². The second-order valence-electron chi connectivity index (χ2n) is 4.13. The van der Waals surface area contributed by atoms with Gasteiger partial charge in [0.2, 0.25) is 10.3 Å². The largest absolute Gasteiger partial charge is 0.465 e. The first kappa shape index (κ1) is 9.64. The van der Waals surface area contributed by atoms with E-state index in [1.807, 2.05) is 0 Å². The summed E-state index contributed by atoms with van der Waals surface area (Å²) in [5.74, 6) is 0.836. The Balaban J connectivity index is 1.61. The summed E-state index contributed by atoms with van der Waals surface area (Å²) in [4.78, 5) is 12.6. The van der Waals surface area contributed by atoms with Gasteiger partial charge in [-0.15, -0.1) is 10.2 Å². The Morgan fingerprint density at radius 2 is 2.19 bits per heavy atom. The van der Waals surface area contributed by atoms with Crippen LogP contribution in [-0.4, -0.2) is 40.5 Å². The number of amides is 1. The Morgan fingerprint density at radius 3 is 2.69 bits per heavy atom. The van der Waals surface area contributed by atoms with E-state index in [-0.39, 0.29) is 6.04 Å². The molecule has 7 nitrogen and oxygen atoms in total. The fraction of sp³-hybridized carbons (Fsp3) is 0.625. The normalized spacial score (nSPS) is 31.2. The molecule has 0 radical (unpaired) electrons. The van der Waals surface area contributed by atoms with Crippen molar-refractivity contribution in [1.82, 2.24) is 15.5 Å². The number of rotatable bonds is 2. The zero-order valence-electron chi connectivity index (χ0n) is 8.33. The van der Waals surface area contributed by atoms with Crippen molar-refractivity contribution in [2.45, 2.75) is 6.04 Å². The molecule has 0 spiro atoms. The molecule has 3 atom stereocenters. The predicted molar refractivity (Wildman–Crippen MR) is 58.5 cm³/mol. The van der Waals surface area contributed by atoms with E-state index < -0.39 is 6.09 Å². The average molecular weight is 241 g/mol. The molecule has 1 aromatic rings. The molecule has 4 N–H and O–H groups in total. The first-order valence-electron chi connectivity index (χ1n) is 4.98. The van der Waals surface area contributed by atoms with Gasteiger partial charge in [0, 0.05) is 31.0 Å². The number of nitrogens with two attached hydrogens (primary N) is 1. The number of hydrogen-bond donors (Lipinski definition) is 3. The quantitative estimate of drug-likeness (QED) is 0.663. The molecular formula is C8H11N5O2S. The van der Waals surface area contributed by atoms with Crippen LogP contribution in [0.25, 0.3) is 0 Å². The van der Waals surface area contributed by atoms with Gasteiger partial charge in [-0.3, -0.25) is 0 Å². The summed E-state index contributed by atoms with van der Waals surface area (Å²) in [5, 5.41) is 20.2. The molecule has 1 saturated carbocycles. The third-order valence-electron chi connectivity index (χ3n) is 3.18. The number of piperidine rings is 1. The molecule has 1 saturated heterocycles. The third-order valence-corrected chi connectivity index (χ3v) is 4.00. The molecule has 0 unspecified atom stereocenters. The van der Waals surface area contributed by atoms with Crippen LogP contribution in [0.3, 0.4) is 0 Å². The standard InChI is InChI=1S/C8H11N5O2S/c9-6-11-12-7(16-6)13-1-3-4(2-13)5(3)10-8(14)15/h3-5,10H,1-2H2,(H2,9,11)(H,14,15)/t3-,4+,5-. The number of nitrogen functional groups attached to an aromatic ring is 1. The van der Waals surface area contributed by atoms with Gasteiger partial charge in [-0.05, 0) is 0 Å². The summed E-state index contributed by atoms with van der Waals surface area (Å²) in [6.45, 7) is 1.68. The minimum absolute atomic E-state index is 0.124. The van der Waals surface area contributed by atoms with Gasteiger partial charge in [0.05, 0.1) is 0 Å². The second-order valence-corrected chi connectivity index (χ2v) is 5.12. The molecule has 2 heterocycles. The molecule has 0 aromatic carbocycles. The van der Waals surface area contributed by atoms with Crippen LogP contribution < -0.4 is 16.0 Å². The van der Waals surface area contributed by atoms with Crippen LogP contribution in [-0.2, 0) is 0 Å². The van der Waals surface area contributed by atoms with Crippen molar-refractivity contribution in [2.24, 2.45) is 11.8 Å². The molecule has 86 valence electrons. The van der Waals surface area contributed by atoms with Gasteiger partial charge in [-0.25, -0.2) is 4.79 Å². The Labute approximate surface area is 95.3 Å². The van der Waals surface area contributed by atoms with Crippen molar-refractivity contribution < 1.29 is 9.90 Å². The Bertz CT molecular complexity index is 424. The molecule has 2 aliphatic rings. The summed E-state index contributed by atoms with van der Waals surface area (Å²) in [7, 11) is 0. The summed E-state index contributed by atoms with van der Waals surface area (Å²) < 4.78 is 0. The number of fused-ring (bicyclic) bond motifs is 1. The van der Waals surface area contributed by atoms with E-state index in [0.29, 0.717) is 17.0 Å². The number of nitrogens with zero attached hydrogens (tertiary/aromatic N) is 3. The lowest BCUT2D eigenvalue weighted by molar-refractivity contribution is 0.192. The van der Waals surface area contributed by atoms with Gasteiger partial charge < -0.3 is 21.1 Å². The highest BCUT2D eigenvalue weighted by Gasteiger charge is 2.57. The molecular weight excluding hydrogens is 230 g/mol. The van der Waals surface area contributed by atoms with Crippen LogP contribution >= 0.6 is 11.3 Å². The first-order valence-corrected chi connectivity index (χ1v) is 5.80. The Kier molecular flexibility index (Phi) is 1.93. The highest BCUT2D eigenvalue weighted by molar-refractivity contribution is 7.18. The number of nitrogens with one attached hydrogen (secondary N) is 1. The lowest BCUT2D eigenvalue weighted by Gasteiger charge is -2.17. The van der Waals surface area contributed by atoms with E-state index in [2.05, 4.69) is 20.4 Å². The zero-order chi connectivity index (χ0) is 11.3. The van der Waals surface area contributed by atoms with Gasteiger partial charge in [0.25, 0.3) is 0 Å². The van der Waals surface area contributed by atoms with Crippen LogP contribution in [0.5, 0.6) is 0 Å². The molecule has 3 rings (SSSR count). The molecule has 2 fully saturated rings. The van der Waals surface area contributed by atoms with Gasteiger partial charge in [-0.1, -0.05) is 11.3 Å². The van der Waals surface area contributed by atoms with Crippen molar-refractivity contribution in [3.8, 4) is 0 Å². The molecule has 1 amide bonds. The van der Waals surface area contributed by atoms with Crippen molar-refractivity contribution >= 4 is 27.7 Å². The van der Waals surface area contributed by atoms with Gasteiger partial charge in [0.15, 0.2) is 0 Å². The smallest absolute Gasteiger partial charge is 0.404 e. The van der Waals surface area contributed by atoms with E-state index in [1.165, 1.54) is 11.3 Å². The first-order chi connectivity index (χ1) is 7.65. The molecule has 8 heteroatoms. The molecule has 1 aliphatic heterocycles. The van der Waals surface area contributed by atoms with E-state index in [4.69, 9.17) is 10.8 Å². The Morgan fingerprint density at radius 1 is 1.50 bits per heavy atom. The highest BCUT2D eigenvalue weighted by Crippen LogP contribution is 2.47. The van der Waals surface area contributed by atoms with Crippen molar-refractivity contribution in [3.63, 3.8) is 0 Å². The maximum Gasteiger partial charge on any atom is 0.404 e. The number of aromatic nitrogens is 2. The number of anilines is 2. The average Bonchev–Trinajstić information content (AvgIpc) is 2.68. The summed E-state index contributed by atoms with van der Waals surface area (Å²) in [6.07, 6.45) is -0.939. The minimum atomic E-state index is -0.939. The van der Waals surface area contributed by atoms with Crippen molar-refractivity contribution in [3.05, 3.63) is 0 Å². The van der Waals surface area contributed by atoms with Crippen LogP contribution in [0.1, 0.15) is 0 Å². The number of carbonyl (C=O) groups is 1. The van der Waals surface area contributed by atoms with Crippen LogP contribution in [0.15, 0.2) is 0 Å². The van der Waals surface area contributed by atoms with Crippen LogP contribution in [0, 0.1) is 11.8 Å². The fourth-order valence-electron chi connectivity index (χ4n) is 2.39. The van der Waals surface area contributed by atoms with E-state index in [1.54, 1.807) is 0 Å². The zero-order valence-corrected chi connectivity index (χ0v) is 9.15. The molecule has 1 aliphatic carbocycles. The maximum atomic E-state index is 10.5. The van der Waals surface area contributed by atoms with Crippen molar-refractivity contribution in [2.75, 3.05) is 23.7 Å². The van der Waals surface area contributed by atoms with Crippen LogP contribution in [0.4, 0.5) is 15.1 Å². The Hall–Kier alpha value is -1.57. The highest BCUT2D eigenvalue weighted by atomic mass is 32.1. The fourth-order valence-corrected chi connectivity index (χ4v) is 3.02. The predicted octanol–water partition coefficient (Wildman–Crippen LogP) is -0.178. The van der Waals surface area contributed by atoms with Gasteiger partial charge >= 0.3 is 6.09 Å². The van der Waals surface area contributed by atoms with E-state index >= 15 is 0 Å². The molecule has 0 bridgehead atoms. The summed E-state index contributed by atoms with van der Waals surface area (Å²) in [6, 6.07) is 0.124. The number of carboxylic acid groups (broad SMARTS) is 1. The second kappa shape index (κ2) is 3.21. The topological polar surface area (TPSA) is 104 Å². The summed E-state index contributed by atoms with van der Waals surface area (Å²) in [5.41, 5.74) is 5.51. The van der Waals surface area contributed by atoms with Gasteiger partial charge in [0.1, 0.15) is 0 Å². The van der Waals surface area contributed by atoms with Crippen molar-refractivity contribution in [1.29, 1.82) is 0 Å². The minimum Gasteiger partial charge on any atom is -0.465 e. The monoisotopic (exact) mass is 241 g/mol. The van der Waals surface area contributed by atoms with Crippen LogP contribution in [0.2, 0.25) is 0 Å². The SMILES string of the molecule is Nc1nnc(N2C[C@@H]3[C@H](C2)[C@@H]3NC(=O)O)s1. The third kappa shape index (κ3) is 1.45.